The number of primary amides is 1. The van der Waals surface area contributed by atoms with Crippen molar-refractivity contribution in [3.05, 3.63) is 22.7 Å². The predicted octanol–water partition coefficient (Wildman–Crippen LogP) is 2.42. The van der Waals surface area contributed by atoms with Gasteiger partial charge in [-0.3, -0.25) is 9.59 Å². The molecule has 1 aromatic rings. The van der Waals surface area contributed by atoms with Crippen LogP contribution in [-0.2, 0) is 4.79 Å². The fourth-order valence-electron chi connectivity index (χ4n) is 2.88. The van der Waals surface area contributed by atoms with Gasteiger partial charge in [0.1, 0.15) is 11.5 Å². The third-order valence-electron chi connectivity index (χ3n) is 4.19. The van der Waals surface area contributed by atoms with E-state index in [-0.39, 0.29) is 40.4 Å². The highest BCUT2D eigenvalue weighted by atomic mass is 35.5. The number of rotatable bonds is 4. The molecule has 0 radical (unpaired) electrons. The molecule has 0 bridgehead atoms. The van der Waals surface area contributed by atoms with Crippen LogP contribution in [-0.4, -0.2) is 27.8 Å². The summed E-state index contributed by atoms with van der Waals surface area (Å²) in [6.45, 7) is 3.89. The van der Waals surface area contributed by atoms with Gasteiger partial charge in [-0.15, -0.1) is 0 Å². The molecule has 0 spiro atoms. The molecule has 1 aromatic heterocycles. The van der Waals surface area contributed by atoms with E-state index in [1.807, 2.05) is 13.8 Å². The fraction of sp³-hybridized carbons (Fsp3) is 0.625. The van der Waals surface area contributed by atoms with Crippen LogP contribution in [0.2, 0.25) is 5.02 Å². The summed E-state index contributed by atoms with van der Waals surface area (Å²) in [6, 6.07) is -0.268. The van der Waals surface area contributed by atoms with Gasteiger partial charge >= 0.3 is 0 Å². The minimum absolute atomic E-state index is 0.0927. The summed E-state index contributed by atoms with van der Waals surface area (Å²) in [6.07, 6.45) is 5.84. The zero-order valence-electron chi connectivity index (χ0n) is 13.5. The number of hydrogen-bond donors (Lipinski definition) is 2. The highest BCUT2D eigenvalue weighted by Gasteiger charge is 2.30. The molecule has 2 amide bonds. The van der Waals surface area contributed by atoms with E-state index in [0.29, 0.717) is 12.2 Å². The lowest BCUT2D eigenvalue weighted by atomic mass is 9.94. The maximum atomic E-state index is 12.6. The summed E-state index contributed by atoms with van der Waals surface area (Å²) in [5.74, 6) is -0.431. The fourth-order valence-corrected chi connectivity index (χ4v) is 3.05. The van der Waals surface area contributed by atoms with Crippen LogP contribution in [0, 0.1) is 5.92 Å². The maximum Gasteiger partial charge on any atom is 0.271 e. The van der Waals surface area contributed by atoms with Gasteiger partial charge in [-0.2, -0.15) is 0 Å². The minimum Gasteiger partial charge on any atom is -0.369 e. The van der Waals surface area contributed by atoms with Gasteiger partial charge in [0.05, 0.1) is 17.1 Å². The summed E-state index contributed by atoms with van der Waals surface area (Å²) in [7, 11) is 0. The van der Waals surface area contributed by atoms with E-state index in [2.05, 4.69) is 15.3 Å². The van der Waals surface area contributed by atoms with E-state index in [4.69, 9.17) is 17.3 Å². The number of carbonyl (C=O) groups is 2. The van der Waals surface area contributed by atoms with Gasteiger partial charge < -0.3 is 11.1 Å². The third-order valence-corrected chi connectivity index (χ3v) is 4.47. The normalized spacial score (nSPS) is 21.7. The smallest absolute Gasteiger partial charge is 0.271 e. The molecule has 3 N–H and O–H groups in total. The Hall–Kier alpha value is -1.69. The Balaban J connectivity index is 2.19. The molecule has 0 aliphatic heterocycles. The summed E-state index contributed by atoms with van der Waals surface area (Å²) >= 11 is 6.07. The maximum absolute atomic E-state index is 12.6. The first-order valence-electron chi connectivity index (χ1n) is 8.02. The molecule has 0 unspecified atom stereocenters. The Morgan fingerprint density at radius 2 is 2.00 bits per heavy atom. The van der Waals surface area contributed by atoms with Crippen molar-refractivity contribution in [2.24, 2.45) is 11.7 Å². The van der Waals surface area contributed by atoms with Crippen LogP contribution in [0.4, 0.5) is 0 Å². The zero-order valence-corrected chi connectivity index (χ0v) is 14.3. The van der Waals surface area contributed by atoms with Crippen molar-refractivity contribution < 1.29 is 9.59 Å². The first-order chi connectivity index (χ1) is 10.9. The monoisotopic (exact) mass is 338 g/mol. The number of nitrogens with one attached hydrogen (secondary N) is 1. The second-order valence-electron chi connectivity index (χ2n) is 6.31. The largest absolute Gasteiger partial charge is 0.369 e. The Morgan fingerprint density at radius 3 is 2.65 bits per heavy atom. The van der Waals surface area contributed by atoms with Gasteiger partial charge in [0.15, 0.2) is 0 Å². The van der Waals surface area contributed by atoms with Gasteiger partial charge in [0.25, 0.3) is 5.91 Å². The minimum atomic E-state index is -0.377. The van der Waals surface area contributed by atoms with E-state index >= 15 is 0 Å². The van der Waals surface area contributed by atoms with Crippen molar-refractivity contribution in [2.45, 2.75) is 57.9 Å². The molecule has 0 saturated heterocycles. The van der Waals surface area contributed by atoms with Gasteiger partial charge in [0, 0.05) is 12.0 Å². The molecule has 1 heterocycles. The van der Waals surface area contributed by atoms with E-state index in [0.717, 1.165) is 25.7 Å². The zero-order chi connectivity index (χ0) is 17.0. The number of hydrogen-bond acceptors (Lipinski definition) is 4. The quantitative estimate of drug-likeness (QED) is 0.823. The second-order valence-corrected chi connectivity index (χ2v) is 6.71. The number of nitrogens with two attached hydrogens (primary N) is 1. The lowest BCUT2D eigenvalue weighted by Crippen LogP contribution is -2.45. The lowest BCUT2D eigenvalue weighted by molar-refractivity contribution is -0.122. The van der Waals surface area contributed by atoms with Crippen molar-refractivity contribution in [1.29, 1.82) is 0 Å². The molecule has 1 aliphatic rings. The second kappa shape index (κ2) is 7.73. The van der Waals surface area contributed by atoms with Crippen molar-refractivity contribution in [3.8, 4) is 0 Å². The Labute approximate surface area is 141 Å². The number of carbonyl (C=O) groups excluding carboxylic acids is 2. The van der Waals surface area contributed by atoms with E-state index in [1.165, 1.54) is 6.20 Å². The Morgan fingerprint density at radius 1 is 1.30 bits per heavy atom. The van der Waals surface area contributed by atoms with Crippen molar-refractivity contribution >= 4 is 23.4 Å². The van der Waals surface area contributed by atoms with Crippen LogP contribution in [0.3, 0.4) is 0 Å². The van der Waals surface area contributed by atoms with Crippen molar-refractivity contribution in [3.63, 3.8) is 0 Å². The molecular weight excluding hydrogens is 316 g/mol. The summed E-state index contributed by atoms with van der Waals surface area (Å²) < 4.78 is 0. The standard InChI is InChI=1S/C16H23ClN4O2/c1-9(2)15-19-8-11(17)13(21-15)16(23)20-12-7-5-3-4-6-10(12)14(18)22/h8-10,12H,3-7H2,1-2H3,(H2,18,22)(H,20,23)/t10-,12-/m1/s1. The molecule has 6 nitrogen and oxygen atoms in total. The Bertz CT molecular complexity index is 591. The SMILES string of the molecule is CC(C)c1ncc(Cl)c(C(=O)N[C@@H]2CCCCC[C@H]2C(N)=O)n1. The van der Waals surface area contributed by atoms with Crippen molar-refractivity contribution in [1.82, 2.24) is 15.3 Å². The highest BCUT2D eigenvalue weighted by molar-refractivity contribution is 6.33. The first-order valence-corrected chi connectivity index (χ1v) is 8.40. The molecule has 0 aromatic carbocycles. The molecule has 126 valence electrons. The molecule has 1 fully saturated rings. The molecule has 2 atom stereocenters. The van der Waals surface area contributed by atoms with Crippen LogP contribution in [0.15, 0.2) is 6.20 Å². The average Bonchev–Trinajstić information content (AvgIpc) is 2.72. The lowest BCUT2D eigenvalue weighted by Gasteiger charge is -2.23. The summed E-state index contributed by atoms with van der Waals surface area (Å²) in [4.78, 5) is 32.6. The van der Waals surface area contributed by atoms with Gasteiger partial charge in [0.2, 0.25) is 5.91 Å². The van der Waals surface area contributed by atoms with Crippen LogP contribution >= 0.6 is 11.6 Å². The molecule has 2 rings (SSSR count). The number of amides is 2. The molecule has 1 aliphatic carbocycles. The number of aromatic nitrogens is 2. The van der Waals surface area contributed by atoms with Crippen LogP contribution in [0.25, 0.3) is 0 Å². The van der Waals surface area contributed by atoms with Crippen LogP contribution in [0.5, 0.6) is 0 Å². The van der Waals surface area contributed by atoms with E-state index < -0.39 is 0 Å². The first kappa shape index (κ1) is 17.7. The molecule has 1 saturated carbocycles. The van der Waals surface area contributed by atoms with Crippen LogP contribution in [0.1, 0.15) is 68.2 Å². The third kappa shape index (κ3) is 4.41. The van der Waals surface area contributed by atoms with E-state index in [9.17, 15) is 9.59 Å². The highest BCUT2D eigenvalue weighted by Crippen LogP contribution is 2.24. The predicted molar refractivity (Wildman–Crippen MR) is 88.2 cm³/mol. The average molecular weight is 339 g/mol. The topological polar surface area (TPSA) is 98.0 Å². The number of nitrogens with zero attached hydrogens (tertiary/aromatic N) is 2. The number of halogens is 1. The van der Waals surface area contributed by atoms with Crippen molar-refractivity contribution in [2.75, 3.05) is 0 Å². The van der Waals surface area contributed by atoms with Crippen LogP contribution < -0.4 is 11.1 Å². The molecule has 23 heavy (non-hydrogen) atoms. The summed E-state index contributed by atoms with van der Waals surface area (Å²) in [5, 5.41) is 3.10. The molecule has 7 heteroatoms. The van der Waals surface area contributed by atoms with Gasteiger partial charge in [-0.05, 0) is 12.8 Å². The summed E-state index contributed by atoms with van der Waals surface area (Å²) in [5.41, 5.74) is 5.64. The Kier molecular flexibility index (Phi) is 5.93. The molecular formula is C16H23ClN4O2. The van der Waals surface area contributed by atoms with E-state index in [1.54, 1.807) is 0 Å². The van der Waals surface area contributed by atoms with Gasteiger partial charge in [-0.25, -0.2) is 9.97 Å². The van der Waals surface area contributed by atoms with Gasteiger partial charge in [-0.1, -0.05) is 44.7 Å².